The van der Waals surface area contributed by atoms with Crippen molar-refractivity contribution in [1.82, 2.24) is 15.2 Å². The lowest BCUT2D eigenvalue weighted by atomic mass is 10.0. The number of aromatic nitrogens is 1. The van der Waals surface area contributed by atoms with Gasteiger partial charge in [-0.15, -0.1) is 11.3 Å². The van der Waals surface area contributed by atoms with Gasteiger partial charge in [-0.1, -0.05) is 0 Å². The van der Waals surface area contributed by atoms with Crippen LogP contribution in [-0.4, -0.2) is 53.2 Å². The van der Waals surface area contributed by atoms with Gasteiger partial charge in [-0.2, -0.15) is 13.2 Å². The second-order valence-electron chi connectivity index (χ2n) is 7.33. The molecule has 1 saturated carbocycles. The number of nitrogens with zero attached hydrogens (tertiary/aromatic N) is 2. The Labute approximate surface area is 167 Å². The lowest BCUT2D eigenvalue weighted by Gasteiger charge is -2.18. The number of carbonyl (C=O) groups excluding carboxylic acids is 1. The number of carbonyl (C=O) groups is 2. The van der Waals surface area contributed by atoms with Crippen LogP contribution < -0.4 is 10.1 Å². The van der Waals surface area contributed by atoms with Crippen LogP contribution in [0.4, 0.5) is 18.0 Å². The van der Waals surface area contributed by atoms with Gasteiger partial charge in [-0.25, -0.2) is 9.78 Å². The minimum atomic E-state index is -4.61. The zero-order chi connectivity index (χ0) is 20.9. The minimum Gasteiger partial charge on any atom is -0.474 e. The number of hydrogen-bond donors (Lipinski definition) is 2. The Hall–Kier alpha value is -2.56. The molecular weight excluding hydrogens is 411 g/mol. The second-order valence-corrected chi connectivity index (χ2v) is 8.21. The van der Waals surface area contributed by atoms with Crippen LogP contribution in [0.15, 0.2) is 11.4 Å². The predicted molar refractivity (Wildman–Crippen MR) is 98.2 cm³/mol. The maximum absolute atomic E-state index is 13.6. The molecule has 11 heteroatoms. The first kappa shape index (κ1) is 19.7. The Morgan fingerprint density at radius 2 is 1.97 bits per heavy atom. The summed E-state index contributed by atoms with van der Waals surface area (Å²) in [6.45, 7) is 0.816. The average Bonchev–Trinajstić information content (AvgIpc) is 3.32. The zero-order valence-corrected chi connectivity index (χ0v) is 16.1. The summed E-state index contributed by atoms with van der Waals surface area (Å²) in [5, 5.41) is 12.9. The molecule has 0 bridgehead atoms. The summed E-state index contributed by atoms with van der Waals surface area (Å²) in [4.78, 5) is 28.7. The highest BCUT2D eigenvalue weighted by molar-refractivity contribution is 7.17. The third kappa shape index (κ3) is 3.59. The number of ether oxygens (including phenoxy) is 1. The topological polar surface area (TPSA) is 91.8 Å². The van der Waals surface area contributed by atoms with Crippen molar-refractivity contribution in [3.05, 3.63) is 22.6 Å². The van der Waals surface area contributed by atoms with E-state index in [1.54, 1.807) is 0 Å². The summed E-state index contributed by atoms with van der Waals surface area (Å²) in [7, 11) is 1.40. The fourth-order valence-corrected chi connectivity index (χ4v) is 5.24. The molecule has 2 amide bonds. The Morgan fingerprint density at radius 1 is 1.31 bits per heavy atom. The molecule has 2 aliphatic rings. The van der Waals surface area contributed by atoms with Crippen LogP contribution in [0.3, 0.4) is 0 Å². The van der Waals surface area contributed by atoms with Crippen LogP contribution in [0.2, 0.25) is 0 Å². The summed E-state index contributed by atoms with van der Waals surface area (Å²) in [6.07, 6.45) is -4.80. The van der Waals surface area contributed by atoms with Crippen LogP contribution in [-0.2, 0) is 6.18 Å². The maximum atomic E-state index is 13.6. The largest absolute Gasteiger partial charge is 0.474 e. The molecule has 7 nitrogen and oxygen atoms in total. The van der Waals surface area contributed by atoms with Gasteiger partial charge >= 0.3 is 12.3 Å². The van der Waals surface area contributed by atoms with Gasteiger partial charge in [0.05, 0.1) is 21.3 Å². The van der Waals surface area contributed by atoms with Crippen LogP contribution in [0.1, 0.15) is 28.8 Å². The monoisotopic (exact) mass is 429 g/mol. The fourth-order valence-electron chi connectivity index (χ4n) is 4.22. The molecule has 0 aromatic carbocycles. The number of nitrogens with one attached hydrogen (secondary N) is 1. The number of pyridine rings is 1. The van der Waals surface area contributed by atoms with Gasteiger partial charge in [0, 0.05) is 31.6 Å². The van der Waals surface area contributed by atoms with Crippen LogP contribution >= 0.6 is 11.3 Å². The molecular formula is C18H18F3N3O4S. The molecule has 1 saturated heterocycles. The Morgan fingerprint density at radius 3 is 2.52 bits per heavy atom. The quantitative estimate of drug-likeness (QED) is 0.780. The number of thiophene rings is 1. The van der Waals surface area contributed by atoms with Crippen molar-refractivity contribution in [2.24, 2.45) is 11.8 Å². The SMILES string of the molecule is CNC(=O)c1csc2c(C(F)(F)F)cc(O[C@H]3C[C@@H]4CN(C(=O)O)C[C@@H]4C3)nc12. The van der Waals surface area contributed by atoms with Gasteiger partial charge in [0.2, 0.25) is 5.88 Å². The highest BCUT2D eigenvalue weighted by Gasteiger charge is 2.44. The Bertz CT molecular complexity index is 963. The first-order valence-electron chi connectivity index (χ1n) is 9.03. The molecule has 0 radical (unpaired) electrons. The molecule has 2 aromatic rings. The number of carboxylic acid groups (broad SMARTS) is 1. The lowest BCUT2D eigenvalue weighted by Crippen LogP contribution is -2.29. The number of alkyl halides is 3. The van der Waals surface area contributed by atoms with E-state index in [0.717, 1.165) is 17.4 Å². The van der Waals surface area contributed by atoms with Crippen molar-refractivity contribution in [2.45, 2.75) is 25.1 Å². The lowest BCUT2D eigenvalue weighted by molar-refractivity contribution is -0.136. The van der Waals surface area contributed by atoms with Crippen molar-refractivity contribution < 1.29 is 32.6 Å². The van der Waals surface area contributed by atoms with Gasteiger partial charge < -0.3 is 20.1 Å². The molecule has 29 heavy (non-hydrogen) atoms. The van der Waals surface area contributed by atoms with Crippen molar-refractivity contribution in [1.29, 1.82) is 0 Å². The molecule has 3 atom stereocenters. The van der Waals surface area contributed by atoms with Crippen molar-refractivity contribution >= 4 is 33.6 Å². The molecule has 2 aromatic heterocycles. The van der Waals surface area contributed by atoms with E-state index in [4.69, 9.17) is 9.84 Å². The van der Waals surface area contributed by atoms with E-state index in [9.17, 15) is 22.8 Å². The van der Waals surface area contributed by atoms with Crippen molar-refractivity contribution in [3.63, 3.8) is 0 Å². The normalized spacial score (nSPS) is 24.0. The van der Waals surface area contributed by atoms with E-state index >= 15 is 0 Å². The number of fused-ring (bicyclic) bond motifs is 2. The molecule has 3 heterocycles. The number of halogens is 3. The van der Waals surface area contributed by atoms with E-state index in [1.165, 1.54) is 17.3 Å². The van der Waals surface area contributed by atoms with Gasteiger partial charge in [-0.05, 0) is 24.7 Å². The summed E-state index contributed by atoms with van der Waals surface area (Å²) in [6, 6.07) is 0.879. The number of amides is 2. The summed E-state index contributed by atoms with van der Waals surface area (Å²) >= 11 is 0.819. The third-order valence-corrected chi connectivity index (χ3v) is 6.54. The van der Waals surface area contributed by atoms with Gasteiger partial charge in [0.15, 0.2) is 0 Å². The molecule has 0 spiro atoms. The van der Waals surface area contributed by atoms with Crippen LogP contribution in [0.5, 0.6) is 5.88 Å². The molecule has 156 valence electrons. The smallest absolute Gasteiger partial charge is 0.418 e. The molecule has 4 rings (SSSR count). The minimum absolute atomic E-state index is 0.0329. The number of rotatable bonds is 3. The van der Waals surface area contributed by atoms with E-state index in [1.807, 2.05) is 0 Å². The van der Waals surface area contributed by atoms with Crippen molar-refractivity contribution in [2.75, 3.05) is 20.1 Å². The number of hydrogen-bond acceptors (Lipinski definition) is 5. The van der Waals surface area contributed by atoms with Crippen LogP contribution in [0.25, 0.3) is 10.2 Å². The fraction of sp³-hybridized carbons (Fsp3) is 0.500. The third-order valence-electron chi connectivity index (χ3n) is 5.54. The Kier molecular flexibility index (Phi) is 4.80. The first-order chi connectivity index (χ1) is 13.7. The van der Waals surface area contributed by atoms with E-state index < -0.39 is 23.7 Å². The van der Waals surface area contributed by atoms with Crippen molar-refractivity contribution in [3.8, 4) is 5.88 Å². The molecule has 1 aliphatic heterocycles. The summed E-state index contributed by atoms with van der Waals surface area (Å²) < 4.78 is 46.4. The maximum Gasteiger partial charge on any atom is 0.418 e. The number of likely N-dealkylation sites (tertiary alicyclic amines) is 1. The van der Waals surface area contributed by atoms with Gasteiger partial charge in [-0.3, -0.25) is 4.79 Å². The highest BCUT2D eigenvalue weighted by atomic mass is 32.1. The van der Waals surface area contributed by atoms with E-state index in [-0.39, 0.29) is 39.6 Å². The molecule has 2 fully saturated rings. The average molecular weight is 429 g/mol. The molecule has 2 N–H and O–H groups in total. The van der Waals surface area contributed by atoms with E-state index in [0.29, 0.717) is 25.9 Å². The molecule has 1 aliphatic carbocycles. The van der Waals surface area contributed by atoms with Crippen LogP contribution in [0, 0.1) is 11.8 Å². The molecule has 0 unspecified atom stereocenters. The van der Waals surface area contributed by atoms with E-state index in [2.05, 4.69) is 10.3 Å². The highest BCUT2D eigenvalue weighted by Crippen LogP contribution is 2.42. The zero-order valence-electron chi connectivity index (χ0n) is 15.3. The summed E-state index contributed by atoms with van der Waals surface area (Å²) in [5.41, 5.74) is -0.842. The standard InChI is InChI=1S/C18H18F3N3O4S/c1-22-16(25)11-7-29-15-12(18(19,20)21)4-13(23-14(11)15)28-10-2-8-5-24(17(26)27)6-9(8)3-10/h4,7-10H,2-3,5-6H2,1H3,(H,22,25)(H,26,27)/t8-,9+,10+. The first-order valence-corrected chi connectivity index (χ1v) is 9.91. The van der Waals surface area contributed by atoms with Gasteiger partial charge in [0.1, 0.15) is 6.10 Å². The second kappa shape index (κ2) is 7.05. The summed E-state index contributed by atoms with van der Waals surface area (Å²) in [5.74, 6) is -0.430. The predicted octanol–water partition coefficient (Wildman–Crippen LogP) is 3.44. The Balaban J connectivity index is 1.61. The van der Waals surface area contributed by atoms with Gasteiger partial charge in [0.25, 0.3) is 5.91 Å².